The van der Waals surface area contributed by atoms with Crippen LogP contribution < -0.4 is 0 Å². The monoisotopic (exact) mass is 148 g/mol. The van der Waals surface area contributed by atoms with Crippen molar-refractivity contribution < 1.29 is 9.13 Å². The maximum absolute atomic E-state index is 13.2. The van der Waals surface area contributed by atoms with E-state index in [0.717, 1.165) is 0 Å². The van der Waals surface area contributed by atoms with Gasteiger partial charge in [-0.2, -0.15) is 0 Å². The molecule has 2 heteroatoms. The Morgan fingerprint density at radius 3 is 2.30 bits per heavy atom. The van der Waals surface area contributed by atoms with E-state index in [4.69, 9.17) is 4.74 Å². The molecule has 0 bridgehead atoms. The lowest BCUT2D eigenvalue weighted by Gasteiger charge is -2.20. The molecule has 0 saturated heterocycles. The first-order valence-corrected chi connectivity index (χ1v) is 3.66. The Kier molecular flexibility index (Phi) is 3.87. The molecular formula is C8H17FO. The zero-order chi connectivity index (χ0) is 8.20. The van der Waals surface area contributed by atoms with Crippen molar-refractivity contribution in [1.29, 1.82) is 0 Å². The molecule has 0 spiro atoms. The van der Waals surface area contributed by atoms with E-state index in [1.54, 1.807) is 6.92 Å². The third-order valence-electron chi connectivity index (χ3n) is 1.28. The van der Waals surface area contributed by atoms with Crippen molar-refractivity contribution in [1.82, 2.24) is 0 Å². The van der Waals surface area contributed by atoms with Crippen LogP contribution in [0, 0.1) is 5.92 Å². The Balaban J connectivity index is 3.63. The van der Waals surface area contributed by atoms with Crippen molar-refractivity contribution in [2.24, 2.45) is 5.92 Å². The molecule has 0 fully saturated rings. The molecule has 0 aliphatic rings. The van der Waals surface area contributed by atoms with Crippen molar-refractivity contribution in [2.75, 3.05) is 13.7 Å². The number of methoxy groups -OCH3 is 1. The summed E-state index contributed by atoms with van der Waals surface area (Å²) in [6, 6.07) is 0. The van der Waals surface area contributed by atoms with Crippen LogP contribution in [0.2, 0.25) is 0 Å². The highest BCUT2D eigenvalue weighted by Crippen LogP contribution is 2.20. The predicted octanol–water partition coefficient (Wildman–Crippen LogP) is 2.41. The van der Waals surface area contributed by atoms with E-state index in [1.165, 1.54) is 7.11 Å². The molecule has 62 valence electrons. The molecule has 0 aliphatic carbocycles. The summed E-state index contributed by atoms with van der Waals surface area (Å²) in [6.45, 7) is 5.79. The van der Waals surface area contributed by atoms with Crippen molar-refractivity contribution >= 4 is 0 Å². The summed E-state index contributed by atoms with van der Waals surface area (Å²) in [4.78, 5) is 0. The smallest absolute Gasteiger partial charge is 0.131 e. The Labute approximate surface area is 62.6 Å². The number of alkyl halides is 1. The summed E-state index contributed by atoms with van der Waals surface area (Å²) in [6.07, 6.45) is 0.570. The van der Waals surface area contributed by atoms with Crippen LogP contribution in [-0.2, 0) is 4.74 Å². The van der Waals surface area contributed by atoms with Crippen LogP contribution in [-0.4, -0.2) is 19.4 Å². The molecule has 0 aromatic heterocycles. The van der Waals surface area contributed by atoms with E-state index in [9.17, 15) is 4.39 Å². The van der Waals surface area contributed by atoms with E-state index in [1.807, 2.05) is 13.8 Å². The maximum Gasteiger partial charge on any atom is 0.131 e. The Hall–Kier alpha value is -0.110. The Morgan fingerprint density at radius 2 is 2.00 bits per heavy atom. The molecule has 0 amide bonds. The van der Waals surface area contributed by atoms with Gasteiger partial charge < -0.3 is 4.74 Å². The second-order valence-electron chi connectivity index (χ2n) is 3.44. The number of ether oxygens (including phenoxy) is 1. The molecule has 0 saturated carbocycles. The quantitative estimate of drug-likeness (QED) is 0.595. The minimum atomic E-state index is -1.15. The van der Waals surface area contributed by atoms with Gasteiger partial charge in [0.25, 0.3) is 0 Å². The molecule has 1 unspecified atom stereocenters. The third kappa shape index (κ3) is 4.74. The lowest BCUT2D eigenvalue weighted by Crippen LogP contribution is -2.26. The van der Waals surface area contributed by atoms with Crippen molar-refractivity contribution in [2.45, 2.75) is 32.9 Å². The molecule has 0 aliphatic heterocycles. The minimum Gasteiger partial charge on any atom is -0.381 e. The van der Waals surface area contributed by atoms with Crippen LogP contribution in [0.3, 0.4) is 0 Å². The summed E-state index contributed by atoms with van der Waals surface area (Å²) >= 11 is 0. The molecule has 1 nitrogen and oxygen atoms in total. The standard InChI is InChI=1S/C8H17FO/c1-7(2)5-8(3,9)6-10-4/h7H,5-6H2,1-4H3. The topological polar surface area (TPSA) is 9.23 Å². The largest absolute Gasteiger partial charge is 0.381 e. The van der Waals surface area contributed by atoms with Gasteiger partial charge in [0.05, 0.1) is 6.61 Å². The van der Waals surface area contributed by atoms with E-state index < -0.39 is 5.67 Å². The van der Waals surface area contributed by atoms with Crippen molar-refractivity contribution in [3.8, 4) is 0 Å². The highest BCUT2D eigenvalue weighted by Gasteiger charge is 2.23. The van der Waals surface area contributed by atoms with Crippen LogP contribution in [0.15, 0.2) is 0 Å². The summed E-state index contributed by atoms with van der Waals surface area (Å²) in [7, 11) is 1.53. The first kappa shape index (κ1) is 9.89. The Morgan fingerprint density at radius 1 is 1.50 bits per heavy atom. The fraction of sp³-hybridized carbons (Fsp3) is 1.00. The molecular weight excluding hydrogens is 131 g/mol. The van der Waals surface area contributed by atoms with Crippen LogP contribution in [0.25, 0.3) is 0 Å². The van der Waals surface area contributed by atoms with Gasteiger partial charge in [-0.1, -0.05) is 13.8 Å². The van der Waals surface area contributed by atoms with E-state index in [-0.39, 0.29) is 6.61 Å². The maximum atomic E-state index is 13.2. The lowest BCUT2D eigenvalue weighted by atomic mass is 9.97. The first-order valence-electron chi connectivity index (χ1n) is 3.66. The van der Waals surface area contributed by atoms with Crippen LogP contribution in [0.5, 0.6) is 0 Å². The highest BCUT2D eigenvalue weighted by molar-refractivity contribution is 4.73. The second-order valence-corrected chi connectivity index (χ2v) is 3.44. The van der Waals surface area contributed by atoms with E-state index in [2.05, 4.69) is 0 Å². The summed E-state index contributed by atoms with van der Waals surface area (Å²) in [5, 5.41) is 0. The van der Waals surface area contributed by atoms with Gasteiger partial charge in [0.15, 0.2) is 0 Å². The van der Waals surface area contributed by atoms with Crippen molar-refractivity contribution in [3.05, 3.63) is 0 Å². The van der Waals surface area contributed by atoms with Gasteiger partial charge in [-0.3, -0.25) is 0 Å². The second kappa shape index (κ2) is 3.91. The summed E-state index contributed by atoms with van der Waals surface area (Å²) in [5.41, 5.74) is -1.15. The zero-order valence-corrected chi connectivity index (χ0v) is 7.28. The van der Waals surface area contributed by atoms with Crippen molar-refractivity contribution in [3.63, 3.8) is 0 Å². The number of hydrogen-bond acceptors (Lipinski definition) is 1. The molecule has 1 atom stereocenters. The number of rotatable bonds is 4. The van der Waals surface area contributed by atoms with E-state index in [0.29, 0.717) is 12.3 Å². The fourth-order valence-electron chi connectivity index (χ4n) is 1.21. The highest BCUT2D eigenvalue weighted by atomic mass is 19.1. The van der Waals surface area contributed by atoms with Crippen LogP contribution in [0.4, 0.5) is 4.39 Å². The first-order chi connectivity index (χ1) is 4.48. The minimum absolute atomic E-state index is 0.200. The molecule has 0 heterocycles. The molecule has 0 radical (unpaired) electrons. The van der Waals surface area contributed by atoms with Gasteiger partial charge in [-0.05, 0) is 19.3 Å². The van der Waals surface area contributed by atoms with Gasteiger partial charge in [-0.15, -0.1) is 0 Å². The van der Waals surface area contributed by atoms with Gasteiger partial charge in [-0.25, -0.2) is 4.39 Å². The number of hydrogen-bond donors (Lipinski definition) is 0. The average Bonchev–Trinajstić information content (AvgIpc) is 1.59. The fourth-order valence-corrected chi connectivity index (χ4v) is 1.21. The number of halogens is 1. The van der Waals surface area contributed by atoms with Gasteiger partial charge in [0, 0.05) is 7.11 Å². The average molecular weight is 148 g/mol. The summed E-state index contributed by atoms with van der Waals surface area (Å²) < 4.78 is 17.9. The van der Waals surface area contributed by atoms with Gasteiger partial charge >= 0.3 is 0 Å². The third-order valence-corrected chi connectivity index (χ3v) is 1.28. The zero-order valence-electron chi connectivity index (χ0n) is 7.28. The summed E-state index contributed by atoms with van der Waals surface area (Å²) in [5.74, 6) is 0.394. The predicted molar refractivity (Wildman–Crippen MR) is 40.8 cm³/mol. The van der Waals surface area contributed by atoms with E-state index >= 15 is 0 Å². The molecule has 0 aromatic carbocycles. The van der Waals surface area contributed by atoms with Gasteiger partial charge in [0.2, 0.25) is 0 Å². The lowest BCUT2D eigenvalue weighted by molar-refractivity contribution is 0.0394. The molecule has 0 aromatic rings. The Bertz CT molecular complexity index is 89.3. The SMILES string of the molecule is COCC(C)(F)CC(C)C. The molecule has 0 rings (SSSR count). The molecule has 10 heavy (non-hydrogen) atoms. The van der Waals surface area contributed by atoms with Crippen LogP contribution in [0.1, 0.15) is 27.2 Å². The van der Waals surface area contributed by atoms with Crippen LogP contribution >= 0.6 is 0 Å². The molecule has 0 N–H and O–H groups in total. The van der Waals surface area contributed by atoms with Gasteiger partial charge in [0.1, 0.15) is 5.67 Å². The normalized spacial score (nSPS) is 17.4.